The molecule has 11 nitrogen and oxygen atoms in total. The van der Waals surface area contributed by atoms with E-state index in [9.17, 15) is 4.79 Å². The van der Waals surface area contributed by atoms with Crippen molar-refractivity contribution in [1.29, 1.82) is 0 Å². The van der Waals surface area contributed by atoms with E-state index in [0.717, 1.165) is 43.6 Å². The lowest BCUT2D eigenvalue weighted by molar-refractivity contribution is -0.127. The summed E-state index contributed by atoms with van der Waals surface area (Å²) in [4.78, 5) is 30.5. The van der Waals surface area contributed by atoms with Gasteiger partial charge in [-0.2, -0.15) is 4.98 Å². The van der Waals surface area contributed by atoms with Crippen LogP contribution in [0.5, 0.6) is 11.5 Å². The van der Waals surface area contributed by atoms with E-state index in [4.69, 9.17) is 47.4 Å². The predicted molar refractivity (Wildman–Crippen MR) is 169 cm³/mol. The number of anilines is 1. The molecule has 0 aliphatic carbocycles. The van der Waals surface area contributed by atoms with Crippen molar-refractivity contribution in [3.05, 3.63) is 52.9 Å². The molecule has 0 radical (unpaired) electrons. The topological polar surface area (TPSA) is 106 Å². The zero-order chi connectivity index (χ0) is 30.5. The second-order valence-electron chi connectivity index (χ2n) is 10.1. The van der Waals surface area contributed by atoms with Crippen LogP contribution in [0.15, 0.2) is 37.2 Å². The Hall–Kier alpha value is -3.64. The van der Waals surface area contributed by atoms with Crippen LogP contribution < -0.4 is 14.8 Å². The summed E-state index contributed by atoms with van der Waals surface area (Å²) in [5.41, 5.74) is 3.51. The zero-order valence-electron chi connectivity index (χ0n) is 24.5. The molecule has 0 unspecified atom stereocenters. The van der Waals surface area contributed by atoms with Crippen LogP contribution in [-0.4, -0.2) is 102 Å². The number of carbonyl (C=O) groups excluding carboxylic acids is 1. The predicted octanol–water partition coefficient (Wildman–Crippen LogP) is 4.59. The monoisotopic (exact) mass is 627 g/mol. The van der Waals surface area contributed by atoms with E-state index in [2.05, 4.69) is 21.8 Å². The Balaban J connectivity index is 1.50. The van der Waals surface area contributed by atoms with Gasteiger partial charge in [0, 0.05) is 74.8 Å². The van der Waals surface area contributed by atoms with Crippen molar-refractivity contribution in [1.82, 2.24) is 29.2 Å². The normalized spacial score (nSPS) is 13.9. The molecule has 0 saturated carbocycles. The largest absolute Gasteiger partial charge is 0.495 e. The highest BCUT2D eigenvalue weighted by molar-refractivity contribution is 6.41. The van der Waals surface area contributed by atoms with Gasteiger partial charge in [0.05, 0.1) is 36.6 Å². The van der Waals surface area contributed by atoms with Gasteiger partial charge in [-0.3, -0.25) is 14.1 Å². The van der Waals surface area contributed by atoms with Crippen molar-refractivity contribution < 1.29 is 19.0 Å². The lowest BCUT2D eigenvalue weighted by atomic mass is 10.0. The summed E-state index contributed by atoms with van der Waals surface area (Å²) < 4.78 is 18.2. The van der Waals surface area contributed by atoms with Gasteiger partial charge in [-0.05, 0) is 31.5 Å². The Labute approximate surface area is 260 Å². The Morgan fingerprint density at radius 1 is 1.05 bits per heavy atom. The molecular formula is C30H35Cl2N7O4. The van der Waals surface area contributed by atoms with Crippen LogP contribution in [0.2, 0.25) is 10.0 Å². The van der Waals surface area contributed by atoms with Gasteiger partial charge >= 0.3 is 0 Å². The zero-order valence-corrected chi connectivity index (χ0v) is 26.0. The summed E-state index contributed by atoms with van der Waals surface area (Å²) in [6.45, 7) is 8.68. The number of aryl methyl sites for hydroxylation is 1. The van der Waals surface area contributed by atoms with Gasteiger partial charge in [-0.15, -0.1) is 0 Å². The number of piperazine rings is 1. The summed E-state index contributed by atoms with van der Waals surface area (Å²) in [7, 11) is 4.74. The van der Waals surface area contributed by atoms with E-state index in [1.165, 1.54) is 6.08 Å². The number of hydrogen-bond acceptors (Lipinski definition) is 9. The summed E-state index contributed by atoms with van der Waals surface area (Å²) in [6, 6.07) is 3.61. The summed E-state index contributed by atoms with van der Waals surface area (Å²) in [5, 5.41) is 4.69. The third kappa shape index (κ3) is 6.50. The number of methoxy groups -OCH3 is 3. The molecule has 0 spiro atoms. The van der Waals surface area contributed by atoms with Crippen molar-refractivity contribution in [3.8, 4) is 22.6 Å². The highest BCUT2D eigenvalue weighted by atomic mass is 35.5. The van der Waals surface area contributed by atoms with E-state index in [1.807, 2.05) is 21.6 Å². The molecule has 4 heterocycles. The molecule has 4 aromatic rings. The first-order valence-electron chi connectivity index (χ1n) is 14.0. The Morgan fingerprint density at radius 3 is 2.42 bits per heavy atom. The number of pyridine rings is 1. The molecule has 1 aliphatic heterocycles. The molecule has 13 heteroatoms. The van der Waals surface area contributed by atoms with E-state index in [-0.39, 0.29) is 5.91 Å². The maximum Gasteiger partial charge on any atom is 0.246 e. The molecule has 1 fully saturated rings. The van der Waals surface area contributed by atoms with Crippen LogP contribution >= 0.6 is 23.2 Å². The van der Waals surface area contributed by atoms with E-state index in [0.29, 0.717) is 76.2 Å². The number of imidazole rings is 1. The number of hydrogen-bond donors (Lipinski definition) is 1. The second kappa shape index (κ2) is 13.8. The van der Waals surface area contributed by atoms with Gasteiger partial charge < -0.3 is 24.4 Å². The number of aromatic nitrogens is 4. The quantitative estimate of drug-likeness (QED) is 0.178. The van der Waals surface area contributed by atoms with Crippen LogP contribution in [0, 0.1) is 0 Å². The lowest BCUT2D eigenvalue weighted by Gasteiger charge is -2.34. The highest BCUT2D eigenvalue weighted by Gasteiger charge is 2.24. The first kappa shape index (κ1) is 30.8. The van der Waals surface area contributed by atoms with Gasteiger partial charge in [0.2, 0.25) is 11.9 Å². The van der Waals surface area contributed by atoms with Crippen molar-refractivity contribution >= 4 is 51.7 Å². The van der Waals surface area contributed by atoms with Crippen molar-refractivity contribution in [2.45, 2.75) is 12.8 Å². The van der Waals surface area contributed by atoms with Gasteiger partial charge in [-0.1, -0.05) is 29.8 Å². The Morgan fingerprint density at radius 2 is 1.77 bits per heavy atom. The van der Waals surface area contributed by atoms with Crippen LogP contribution in [0.25, 0.3) is 27.8 Å². The number of rotatable bonds is 12. The average molecular weight is 629 g/mol. The number of ether oxygens (including phenoxy) is 3. The lowest BCUT2D eigenvalue weighted by Crippen LogP contribution is -2.48. The van der Waals surface area contributed by atoms with Crippen LogP contribution in [0.1, 0.15) is 12.1 Å². The third-order valence-corrected chi connectivity index (χ3v) is 8.27. The standard InChI is InChI=1S/C30H35Cl2N7O4/c1-5-24(40)38-12-10-37(11-13-38)9-6-7-20-18-39-28-19(17-34-30(36-28)33-8-14-41-2)15-21(29(39)35-20)25-26(31)22(42-3)16-23(43-4)27(25)32/h5,15-18H,1,6-14H2,2-4H3,(H,33,34,36). The number of fused-ring (bicyclic) bond motifs is 3. The maximum atomic E-state index is 11.9. The summed E-state index contributed by atoms with van der Waals surface area (Å²) in [6.07, 6.45) is 6.80. The van der Waals surface area contributed by atoms with Crippen molar-refractivity contribution in [3.63, 3.8) is 0 Å². The smallest absolute Gasteiger partial charge is 0.246 e. The highest BCUT2D eigenvalue weighted by Crippen LogP contribution is 2.47. The van der Waals surface area contributed by atoms with Gasteiger partial charge in [0.25, 0.3) is 0 Å². The minimum absolute atomic E-state index is 0.0119. The molecule has 3 aromatic heterocycles. The first-order chi connectivity index (χ1) is 20.9. The van der Waals surface area contributed by atoms with Gasteiger partial charge in [-0.25, -0.2) is 9.97 Å². The molecule has 228 valence electrons. The molecule has 1 saturated heterocycles. The minimum Gasteiger partial charge on any atom is -0.495 e. The molecule has 5 rings (SSSR count). The number of nitrogens with one attached hydrogen (secondary N) is 1. The van der Waals surface area contributed by atoms with E-state index >= 15 is 0 Å². The average Bonchev–Trinajstić information content (AvgIpc) is 3.46. The number of amides is 1. The molecule has 1 N–H and O–H groups in total. The number of carbonyl (C=O) groups is 1. The Kier molecular flexibility index (Phi) is 9.86. The van der Waals surface area contributed by atoms with Gasteiger partial charge in [0.1, 0.15) is 17.1 Å². The minimum atomic E-state index is -0.0119. The second-order valence-corrected chi connectivity index (χ2v) is 10.9. The number of nitrogens with zero attached hydrogens (tertiary/aromatic N) is 6. The number of benzene rings is 1. The fourth-order valence-electron chi connectivity index (χ4n) is 5.26. The fourth-order valence-corrected chi connectivity index (χ4v) is 5.96. The third-order valence-electron chi connectivity index (χ3n) is 7.52. The van der Waals surface area contributed by atoms with Crippen molar-refractivity contribution in [2.75, 3.05) is 72.5 Å². The van der Waals surface area contributed by atoms with E-state index in [1.54, 1.807) is 33.6 Å². The molecule has 1 aromatic carbocycles. The molecule has 1 amide bonds. The molecule has 0 bridgehead atoms. The summed E-state index contributed by atoms with van der Waals surface area (Å²) in [5.74, 6) is 1.35. The SMILES string of the molecule is C=CC(=O)N1CCN(CCCc2cn3c(n2)c(-c2c(Cl)c(OC)cc(OC)c2Cl)cc2cnc(NCCOC)nc23)CC1. The molecular weight excluding hydrogens is 593 g/mol. The van der Waals surface area contributed by atoms with Crippen LogP contribution in [0.3, 0.4) is 0 Å². The summed E-state index contributed by atoms with van der Waals surface area (Å²) >= 11 is 13.7. The fraction of sp³-hybridized carbons (Fsp3) is 0.400. The molecule has 43 heavy (non-hydrogen) atoms. The first-order valence-corrected chi connectivity index (χ1v) is 14.8. The number of halogens is 2. The van der Waals surface area contributed by atoms with Crippen LogP contribution in [-0.2, 0) is 16.0 Å². The maximum absolute atomic E-state index is 11.9. The molecule has 0 atom stereocenters. The van der Waals surface area contributed by atoms with Crippen LogP contribution in [0.4, 0.5) is 5.95 Å². The van der Waals surface area contributed by atoms with Gasteiger partial charge in [0.15, 0.2) is 5.65 Å². The van der Waals surface area contributed by atoms with E-state index < -0.39 is 0 Å². The Bertz CT molecular complexity index is 1610. The molecule has 1 aliphatic rings. The van der Waals surface area contributed by atoms with Crippen molar-refractivity contribution in [2.24, 2.45) is 0 Å².